The lowest BCUT2D eigenvalue weighted by molar-refractivity contribution is 0.287. The Morgan fingerprint density at radius 1 is 0.882 bits per heavy atom. The zero-order chi connectivity index (χ0) is 24.1. The van der Waals surface area contributed by atoms with Gasteiger partial charge in [0, 0.05) is 6.54 Å². The molecule has 0 saturated carbocycles. The smallest absolute Gasteiger partial charge is 0.308 e. The largest absolute Gasteiger partial charge is 0.490 e. The first kappa shape index (κ1) is 24.0. The zero-order valence-electron chi connectivity index (χ0n) is 19.0. The third-order valence-electron chi connectivity index (χ3n) is 5.21. The fraction of sp³-hybridized carbons (Fsp3) is 0.240. The minimum atomic E-state index is -3.78. The maximum atomic E-state index is 13.0. The van der Waals surface area contributed by atoms with Gasteiger partial charge in [-0.1, -0.05) is 47.7 Å². The van der Waals surface area contributed by atoms with Crippen LogP contribution in [0.25, 0.3) is 10.2 Å². The van der Waals surface area contributed by atoms with Crippen molar-refractivity contribution in [3.63, 3.8) is 0 Å². The Labute approximate surface area is 202 Å². The molecule has 1 N–H and O–H groups in total. The number of rotatable bonds is 10. The van der Waals surface area contributed by atoms with Crippen molar-refractivity contribution < 1.29 is 17.9 Å². The van der Waals surface area contributed by atoms with Gasteiger partial charge in [-0.3, -0.25) is 9.36 Å². The summed E-state index contributed by atoms with van der Waals surface area (Å²) in [6.07, 6.45) is 0. The van der Waals surface area contributed by atoms with Gasteiger partial charge in [0.05, 0.1) is 34.9 Å². The van der Waals surface area contributed by atoms with Crippen molar-refractivity contribution in [2.75, 3.05) is 13.2 Å². The molecule has 9 heteroatoms. The van der Waals surface area contributed by atoms with Crippen LogP contribution in [0.2, 0.25) is 0 Å². The number of sulfonamides is 1. The number of fused-ring (bicyclic) bond motifs is 1. The van der Waals surface area contributed by atoms with Crippen LogP contribution in [0, 0.1) is 0 Å². The number of hydrogen-bond acceptors (Lipinski definition) is 6. The highest BCUT2D eigenvalue weighted by Gasteiger charge is 2.17. The van der Waals surface area contributed by atoms with E-state index in [1.54, 1.807) is 34.9 Å². The Balaban J connectivity index is 1.54. The number of hydrogen-bond donors (Lipinski definition) is 1. The SMILES string of the molecule is CCOc1ccc(CNS(=O)(=O)c2ccc3c(c2)sc(=O)n3Cc2ccccc2)cc1OCC. The molecule has 0 atom stereocenters. The Hall–Kier alpha value is -3.14. The van der Waals surface area contributed by atoms with E-state index in [9.17, 15) is 13.2 Å². The minimum absolute atomic E-state index is 0.0953. The summed E-state index contributed by atoms with van der Waals surface area (Å²) in [6.45, 7) is 5.28. The molecule has 0 saturated heterocycles. The normalized spacial score (nSPS) is 11.6. The Kier molecular flexibility index (Phi) is 7.35. The topological polar surface area (TPSA) is 86.6 Å². The lowest BCUT2D eigenvalue weighted by Gasteiger charge is -2.13. The van der Waals surface area contributed by atoms with Gasteiger partial charge in [-0.15, -0.1) is 0 Å². The summed E-state index contributed by atoms with van der Waals surface area (Å²) in [5, 5.41) is 0. The van der Waals surface area contributed by atoms with Gasteiger partial charge in [0.25, 0.3) is 0 Å². The molecule has 3 aromatic carbocycles. The molecule has 1 heterocycles. The molecule has 0 unspecified atom stereocenters. The molecule has 0 aliphatic rings. The summed E-state index contributed by atoms with van der Waals surface area (Å²) >= 11 is 1.04. The molecular weight excluding hydrogens is 472 g/mol. The third-order valence-corrected chi connectivity index (χ3v) is 7.55. The van der Waals surface area contributed by atoms with E-state index in [0.717, 1.165) is 22.5 Å². The van der Waals surface area contributed by atoms with E-state index >= 15 is 0 Å². The first-order valence-electron chi connectivity index (χ1n) is 11.0. The summed E-state index contributed by atoms with van der Waals surface area (Å²) in [5.74, 6) is 1.20. The van der Waals surface area contributed by atoms with Gasteiger partial charge in [0.2, 0.25) is 10.0 Å². The van der Waals surface area contributed by atoms with Crippen LogP contribution in [0.3, 0.4) is 0 Å². The Morgan fingerprint density at radius 2 is 1.62 bits per heavy atom. The lowest BCUT2D eigenvalue weighted by atomic mass is 10.2. The highest BCUT2D eigenvalue weighted by molar-refractivity contribution is 7.89. The molecule has 4 rings (SSSR count). The van der Waals surface area contributed by atoms with Gasteiger partial charge in [-0.2, -0.15) is 0 Å². The lowest BCUT2D eigenvalue weighted by Crippen LogP contribution is -2.23. The first-order valence-corrected chi connectivity index (χ1v) is 13.3. The summed E-state index contributed by atoms with van der Waals surface area (Å²) in [5.41, 5.74) is 2.46. The van der Waals surface area contributed by atoms with Crippen LogP contribution >= 0.6 is 11.3 Å². The van der Waals surface area contributed by atoms with Crippen LogP contribution in [0.15, 0.2) is 76.4 Å². The van der Waals surface area contributed by atoms with Crippen molar-refractivity contribution in [1.82, 2.24) is 9.29 Å². The van der Waals surface area contributed by atoms with E-state index < -0.39 is 10.0 Å². The van der Waals surface area contributed by atoms with Crippen LogP contribution in [0.1, 0.15) is 25.0 Å². The number of thiazole rings is 1. The fourth-order valence-electron chi connectivity index (χ4n) is 3.60. The van der Waals surface area contributed by atoms with Gasteiger partial charge in [0.15, 0.2) is 11.5 Å². The molecule has 0 aliphatic heterocycles. The molecule has 7 nitrogen and oxygen atoms in total. The van der Waals surface area contributed by atoms with Crippen LogP contribution in [-0.2, 0) is 23.1 Å². The highest BCUT2D eigenvalue weighted by atomic mass is 32.2. The average molecular weight is 499 g/mol. The van der Waals surface area contributed by atoms with E-state index in [1.807, 2.05) is 44.2 Å². The number of benzene rings is 3. The highest BCUT2D eigenvalue weighted by Crippen LogP contribution is 2.29. The number of aromatic nitrogens is 1. The maximum absolute atomic E-state index is 13.0. The van der Waals surface area contributed by atoms with Gasteiger partial charge < -0.3 is 9.47 Å². The van der Waals surface area contributed by atoms with Gasteiger partial charge in [-0.05, 0) is 55.3 Å². The molecule has 1 aromatic heterocycles. The summed E-state index contributed by atoms with van der Waals surface area (Å²) in [7, 11) is -3.78. The quantitative estimate of drug-likeness (QED) is 0.351. The average Bonchev–Trinajstić information content (AvgIpc) is 3.14. The molecule has 0 radical (unpaired) electrons. The Morgan fingerprint density at radius 3 is 2.35 bits per heavy atom. The summed E-state index contributed by atoms with van der Waals surface area (Å²) in [4.78, 5) is 12.6. The third kappa shape index (κ3) is 5.32. The van der Waals surface area contributed by atoms with Crippen molar-refractivity contribution in [2.24, 2.45) is 0 Å². The molecule has 0 amide bonds. The van der Waals surface area contributed by atoms with Crippen molar-refractivity contribution in [1.29, 1.82) is 0 Å². The molecule has 0 fully saturated rings. The minimum Gasteiger partial charge on any atom is -0.490 e. The van der Waals surface area contributed by atoms with E-state index in [1.165, 1.54) is 6.07 Å². The summed E-state index contributed by atoms with van der Waals surface area (Å²) < 4.78 is 42.0. The van der Waals surface area contributed by atoms with Gasteiger partial charge in [-0.25, -0.2) is 13.1 Å². The first-order chi connectivity index (χ1) is 16.4. The predicted octanol–water partition coefficient (Wildman–Crippen LogP) is 4.39. The number of nitrogens with one attached hydrogen (secondary N) is 1. The monoisotopic (exact) mass is 498 g/mol. The van der Waals surface area contributed by atoms with Crippen LogP contribution in [0.4, 0.5) is 0 Å². The molecule has 0 spiro atoms. The zero-order valence-corrected chi connectivity index (χ0v) is 20.6. The second kappa shape index (κ2) is 10.4. The van der Waals surface area contributed by atoms with Crippen molar-refractivity contribution in [3.8, 4) is 11.5 Å². The number of nitrogens with zero attached hydrogens (tertiary/aromatic N) is 1. The molecule has 0 bridgehead atoms. The molecule has 4 aromatic rings. The van der Waals surface area contributed by atoms with Crippen LogP contribution in [-0.4, -0.2) is 26.2 Å². The maximum Gasteiger partial charge on any atom is 0.308 e. The van der Waals surface area contributed by atoms with E-state index in [2.05, 4.69) is 4.72 Å². The number of ether oxygens (including phenoxy) is 2. The second-order valence-corrected chi connectivity index (χ2v) is 10.3. The van der Waals surface area contributed by atoms with Crippen molar-refractivity contribution in [2.45, 2.75) is 31.8 Å². The van der Waals surface area contributed by atoms with Crippen LogP contribution < -0.4 is 19.1 Å². The molecule has 0 aliphatic carbocycles. The second-order valence-electron chi connectivity index (χ2n) is 7.54. The molecular formula is C25H26N2O5S2. The fourth-order valence-corrected chi connectivity index (χ4v) is 5.64. The predicted molar refractivity (Wildman–Crippen MR) is 134 cm³/mol. The van der Waals surface area contributed by atoms with Gasteiger partial charge in [0.1, 0.15) is 0 Å². The Bertz CT molecular complexity index is 1440. The summed E-state index contributed by atoms with van der Waals surface area (Å²) in [6, 6.07) is 19.8. The molecule has 34 heavy (non-hydrogen) atoms. The van der Waals surface area contributed by atoms with E-state index in [0.29, 0.717) is 41.5 Å². The van der Waals surface area contributed by atoms with E-state index in [4.69, 9.17) is 9.47 Å². The standard InChI is InChI=1S/C25H26N2O5S2/c1-3-31-22-13-10-19(14-23(22)32-4-2)16-26-34(29,30)20-11-12-21-24(15-20)33-25(28)27(21)17-18-8-6-5-7-9-18/h5-15,26H,3-4,16-17H2,1-2H3. The van der Waals surface area contributed by atoms with E-state index in [-0.39, 0.29) is 16.3 Å². The van der Waals surface area contributed by atoms with Crippen molar-refractivity contribution >= 4 is 31.6 Å². The van der Waals surface area contributed by atoms with Crippen LogP contribution in [0.5, 0.6) is 11.5 Å². The van der Waals surface area contributed by atoms with Gasteiger partial charge >= 0.3 is 4.87 Å². The molecule has 178 valence electrons. The van der Waals surface area contributed by atoms with Crippen molar-refractivity contribution in [3.05, 3.63) is 87.5 Å².